The third-order valence-corrected chi connectivity index (χ3v) is 5.41. The highest BCUT2D eigenvalue weighted by Crippen LogP contribution is 2.36. The molecule has 210 valence electrons. The quantitative estimate of drug-likeness (QED) is 0.149. The molecule has 10 nitrogen and oxygen atoms in total. The van der Waals surface area contributed by atoms with Gasteiger partial charge in [0, 0.05) is 29.7 Å². The summed E-state index contributed by atoms with van der Waals surface area (Å²) in [6.07, 6.45) is 0.720. The first-order valence-corrected chi connectivity index (χ1v) is 12.0. The Morgan fingerprint density at radius 1 is 0.902 bits per heavy atom. The third kappa shape index (κ3) is 8.34. The number of nitrogens with one attached hydrogen (secondary N) is 4. The fourth-order valence-corrected chi connectivity index (χ4v) is 3.45. The van der Waals surface area contributed by atoms with Crippen LogP contribution in [0.15, 0.2) is 89.7 Å². The number of hydrogen-bond donors (Lipinski definition) is 4. The number of hydrogen-bond acceptors (Lipinski definition) is 6. The summed E-state index contributed by atoms with van der Waals surface area (Å²) >= 11 is 5.59. The second kappa shape index (κ2) is 12.7. The van der Waals surface area contributed by atoms with Crippen molar-refractivity contribution < 1.29 is 36.7 Å². The zero-order valence-electron chi connectivity index (χ0n) is 20.7. The fourth-order valence-electron chi connectivity index (χ4n) is 3.22. The maximum absolute atomic E-state index is 13.0. The van der Waals surface area contributed by atoms with Crippen molar-refractivity contribution in [2.75, 3.05) is 10.6 Å². The lowest BCUT2D eigenvalue weighted by molar-refractivity contribution is -0.137. The van der Waals surface area contributed by atoms with E-state index in [2.05, 4.69) is 26.5 Å². The Hall–Kier alpha value is -5.30. The van der Waals surface area contributed by atoms with E-state index in [1.165, 1.54) is 67.1 Å². The topological polar surface area (TPSA) is 135 Å². The van der Waals surface area contributed by atoms with Gasteiger partial charge in [-0.05, 0) is 66.7 Å². The lowest BCUT2D eigenvalue weighted by atomic mass is 10.2. The van der Waals surface area contributed by atoms with E-state index in [1.807, 2.05) is 0 Å². The smallest absolute Gasteiger partial charge is 0.417 e. The van der Waals surface area contributed by atoms with Gasteiger partial charge in [-0.3, -0.25) is 25.4 Å². The minimum atomic E-state index is -4.67. The molecule has 4 amide bonds. The maximum Gasteiger partial charge on any atom is 0.417 e. The van der Waals surface area contributed by atoms with Crippen LogP contribution in [-0.4, -0.2) is 22.8 Å². The second-order valence-electron chi connectivity index (χ2n) is 8.07. The summed E-state index contributed by atoms with van der Waals surface area (Å²) < 4.78 is 49.9. The average Bonchev–Trinajstić information content (AvgIpc) is 3.46. The van der Waals surface area contributed by atoms with Crippen molar-refractivity contribution in [3.63, 3.8) is 0 Å². The molecule has 0 atom stereocenters. The molecule has 0 aliphatic heterocycles. The highest BCUT2D eigenvalue weighted by atomic mass is 35.5. The number of urea groups is 1. The van der Waals surface area contributed by atoms with Gasteiger partial charge in [0.2, 0.25) is 0 Å². The molecule has 0 radical (unpaired) electrons. The number of amides is 4. The largest absolute Gasteiger partial charge is 0.465 e. The van der Waals surface area contributed by atoms with Crippen molar-refractivity contribution in [3.8, 4) is 11.5 Å². The monoisotopic (exact) mass is 585 g/mol. The van der Waals surface area contributed by atoms with Gasteiger partial charge >= 0.3 is 12.2 Å². The van der Waals surface area contributed by atoms with Gasteiger partial charge in [-0.1, -0.05) is 11.6 Å². The lowest BCUT2D eigenvalue weighted by Gasteiger charge is -2.12. The van der Waals surface area contributed by atoms with E-state index in [4.69, 9.17) is 20.8 Å². The Kier molecular flexibility index (Phi) is 8.89. The van der Waals surface area contributed by atoms with Gasteiger partial charge in [0.1, 0.15) is 23.0 Å². The summed E-state index contributed by atoms with van der Waals surface area (Å²) in [6.45, 7) is 0. The second-order valence-corrected chi connectivity index (χ2v) is 8.47. The van der Waals surface area contributed by atoms with E-state index in [1.54, 1.807) is 12.1 Å². The number of rotatable bonds is 7. The normalized spacial score (nSPS) is 11.1. The number of benzene rings is 2. The Labute approximate surface area is 235 Å². The predicted octanol–water partition coefficient (Wildman–Crippen LogP) is 6.26. The van der Waals surface area contributed by atoms with E-state index in [0.29, 0.717) is 17.2 Å². The number of anilines is 2. The Balaban J connectivity index is 1.29. The fraction of sp³-hybridized carbons (Fsp3) is 0.0370. The number of carbonyl (C=O) groups is 3. The summed E-state index contributed by atoms with van der Waals surface area (Å²) in [7, 11) is 0. The summed E-state index contributed by atoms with van der Waals surface area (Å²) in [5, 5.41) is 4.32. The van der Waals surface area contributed by atoms with Crippen LogP contribution in [0.1, 0.15) is 21.8 Å². The molecule has 0 aliphatic carbocycles. The Bertz CT molecular complexity index is 1580. The summed E-state index contributed by atoms with van der Waals surface area (Å²) in [4.78, 5) is 40.4. The standard InChI is InChI=1S/C27H19ClF3N5O5/c28-22-9-5-17(14-21(22)27(29,30)31)34-26(39)33-16-3-6-19(7-4-16)41-20-11-12-32-23(15-20)25(38)36-35-24(37)10-8-18-2-1-13-40-18/h1-15H,(H,35,37)(H,36,38)(H2,33,34,39)/b10-8+. The van der Waals surface area contributed by atoms with Crippen LogP contribution in [-0.2, 0) is 11.0 Å². The number of hydrazine groups is 1. The molecule has 2 aromatic heterocycles. The van der Waals surface area contributed by atoms with Crippen LogP contribution in [0, 0.1) is 0 Å². The minimum absolute atomic E-state index is 0.0383. The van der Waals surface area contributed by atoms with Crippen molar-refractivity contribution in [2.45, 2.75) is 6.18 Å². The number of aromatic nitrogens is 1. The minimum Gasteiger partial charge on any atom is -0.465 e. The number of halogens is 4. The number of ether oxygens (including phenoxy) is 1. The van der Waals surface area contributed by atoms with Gasteiger partial charge in [-0.2, -0.15) is 13.2 Å². The summed E-state index contributed by atoms with van der Waals surface area (Å²) in [5.41, 5.74) is 3.57. The molecule has 0 fully saturated rings. The molecule has 14 heteroatoms. The van der Waals surface area contributed by atoms with Crippen LogP contribution in [0.3, 0.4) is 0 Å². The van der Waals surface area contributed by atoms with Crippen molar-refractivity contribution in [1.29, 1.82) is 0 Å². The molecule has 4 rings (SSSR count). The lowest BCUT2D eigenvalue weighted by Crippen LogP contribution is -2.41. The van der Waals surface area contributed by atoms with Crippen LogP contribution >= 0.6 is 11.6 Å². The zero-order valence-corrected chi connectivity index (χ0v) is 21.4. The predicted molar refractivity (Wildman–Crippen MR) is 143 cm³/mol. The molecule has 0 saturated carbocycles. The van der Waals surface area contributed by atoms with Gasteiger partial charge in [0.25, 0.3) is 11.8 Å². The highest BCUT2D eigenvalue weighted by molar-refractivity contribution is 6.31. The van der Waals surface area contributed by atoms with Gasteiger partial charge in [-0.25, -0.2) is 4.79 Å². The molecule has 0 saturated heterocycles. The van der Waals surface area contributed by atoms with Crippen LogP contribution in [0.2, 0.25) is 5.02 Å². The van der Waals surface area contributed by atoms with Crippen molar-refractivity contribution in [3.05, 3.63) is 107 Å². The van der Waals surface area contributed by atoms with Crippen LogP contribution in [0.25, 0.3) is 6.08 Å². The summed E-state index contributed by atoms with van der Waals surface area (Å²) in [5.74, 6) is -0.216. The molecule has 0 bridgehead atoms. The van der Waals surface area contributed by atoms with E-state index in [9.17, 15) is 27.6 Å². The van der Waals surface area contributed by atoms with E-state index in [0.717, 1.165) is 12.1 Å². The maximum atomic E-state index is 13.0. The van der Waals surface area contributed by atoms with Crippen molar-refractivity contribution in [1.82, 2.24) is 15.8 Å². The van der Waals surface area contributed by atoms with E-state index >= 15 is 0 Å². The van der Waals surface area contributed by atoms with E-state index in [-0.39, 0.29) is 17.1 Å². The Morgan fingerprint density at radius 3 is 2.34 bits per heavy atom. The first-order chi connectivity index (χ1) is 19.6. The number of nitrogens with zero attached hydrogens (tertiary/aromatic N) is 1. The molecular formula is C27H19ClF3N5O5. The summed E-state index contributed by atoms with van der Waals surface area (Å²) in [6, 6.07) is 14.4. The molecule has 0 unspecified atom stereocenters. The molecule has 0 spiro atoms. The van der Waals surface area contributed by atoms with Crippen LogP contribution in [0.5, 0.6) is 11.5 Å². The van der Waals surface area contributed by atoms with Crippen LogP contribution in [0.4, 0.5) is 29.3 Å². The molecule has 2 heterocycles. The highest BCUT2D eigenvalue weighted by Gasteiger charge is 2.33. The van der Waals surface area contributed by atoms with Crippen molar-refractivity contribution in [2.24, 2.45) is 0 Å². The van der Waals surface area contributed by atoms with Crippen molar-refractivity contribution >= 4 is 46.9 Å². The van der Waals surface area contributed by atoms with Gasteiger partial charge < -0.3 is 19.8 Å². The molecular weight excluding hydrogens is 567 g/mol. The molecule has 4 N–H and O–H groups in total. The van der Waals surface area contributed by atoms with Crippen LogP contribution < -0.4 is 26.2 Å². The van der Waals surface area contributed by atoms with Gasteiger partial charge in [0.15, 0.2) is 0 Å². The first-order valence-electron chi connectivity index (χ1n) is 11.6. The molecule has 0 aliphatic rings. The number of furan rings is 1. The first kappa shape index (κ1) is 28.7. The van der Waals surface area contributed by atoms with E-state index < -0.39 is 34.6 Å². The zero-order chi connectivity index (χ0) is 29.4. The SMILES string of the molecule is O=C(/C=C/c1ccco1)NNC(=O)c1cc(Oc2ccc(NC(=O)Nc3ccc(Cl)c(C(F)(F)F)c3)cc2)ccn1. The Morgan fingerprint density at radius 2 is 1.63 bits per heavy atom. The number of alkyl halides is 3. The molecule has 4 aromatic rings. The average molecular weight is 586 g/mol. The third-order valence-electron chi connectivity index (χ3n) is 5.08. The molecule has 41 heavy (non-hydrogen) atoms. The van der Waals surface area contributed by atoms with Gasteiger partial charge in [-0.15, -0.1) is 0 Å². The molecule has 2 aromatic carbocycles. The number of carbonyl (C=O) groups excluding carboxylic acids is 3. The van der Waals surface area contributed by atoms with Gasteiger partial charge in [0.05, 0.1) is 16.8 Å². The number of pyridine rings is 1.